The Morgan fingerprint density at radius 1 is 1.02 bits per heavy atom. The van der Waals surface area contributed by atoms with Gasteiger partial charge in [-0.1, -0.05) is 36.4 Å². The third-order valence-corrected chi connectivity index (χ3v) is 8.05. The maximum atomic E-state index is 12.2. The number of oxime groups is 1. The number of benzene rings is 2. The molecule has 1 unspecified atom stereocenters. The summed E-state index contributed by atoms with van der Waals surface area (Å²) in [5, 5.41) is 7.19. The lowest BCUT2D eigenvalue weighted by Gasteiger charge is -2.38. The molecular formula is C32H37N5O4. The van der Waals surface area contributed by atoms with E-state index in [1.807, 2.05) is 31.2 Å². The number of carbonyl (C=O) groups excluding carboxylic acids is 1. The van der Waals surface area contributed by atoms with E-state index < -0.39 is 0 Å². The third-order valence-electron chi connectivity index (χ3n) is 8.05. The van der Waals surface area contributed by atoms with Crippen LogP contribution in [0.3, 0.4) is 0 Å². The van der Waals surface area contributed by atoms with E-state index >= 15 is 0 Å². The molecule has 0 bridgehead atoms. The summed E-state index contributed by atoms with van der Waals surface area (Å²) >= 11 is 0. The molecule has 0 spiro atoms. The molecule has 41 heavy (non-hydrogen) atoms. The second kappa shape index (κ2) is 12.2. The van der Waals surface area contributed by atoms with Gasteiger partial charge in [-0.25, -0.2) is 4.98 Å². The lowest BCUT2D eigenvalue weighted by Crippen LogP contribution is -2.46. The smallest absolute Gasteiger partial charge is 0.327 e. The SMILES string of the molecule is CON=C1OCC(c2ccccc2)N1C1CCN(Cc2ccc(Oc3ccc(C(=O)NC4CC4)cc3)nc2C)CC1. The molecule has 1 N–H and O–H groups in total. The number of hydrogen-bond acceptors (Lipinski definition) is 7. The van der Waals surface area contributed by atoms with Gasteiger partial charge in [0.2, 0.25) is 5.88 Å². The van der Waals surface area contributed by atoms with Crippen LogP contribution in [-0.4, -0.2) is 65.6 Å². The predicted molar refractivity (Wildman–Crippen MR) is 156 cm³/mol. The summed E-state index contributed by atoms with van der Waals surface area (Å²) in [6.07, 6.45) is 4.16. The van der Waals surface area contributed by atoms with Gasteiger partial charge in [0.15, 0.2) is 0 Å². The number of amidine groups is 1. The maximum absolute atomic E-state index is 12.2. The number of piperidine rings is 1. The standard InChI is InChI=1S/C32H37N5O4/c1-22-25(10-15-30(33-22)41-28-13-8-24(9-14-28)31(38)34-26-11-12-26)20-36-18-16-27(17-19-36)37-29(21-40-32(37)35-39-2)23-6-4-3-5-7-23/h3-10,13-15,26-27,29H,11-12,16-21H2,1-2H3,(H,34,38). The molecule has 214 valence electrons. The van der Waals surface area contributed by atoms with Crippen LogP contribution in [0.25, 0.3) is 0 Å². The first-order valence-electron chi connectivity index (χ1n) is 14.4. The van der Waals surface area contributed by atoms with Crippen molar-refractivity contribution in [3.8, 4) is 11.6 Å². The maximum Gasteiger partial charge on any atom is 0.327 e. The highest BCUT2D eigenvalue weighted by atomic mass is 16.6. The van der Waals surface area contributed by atoms with Crippen molar-refractivity contribution >= 4 is 11.9 Å². The molecule has 1 saturated carbocycles. The second-order valence-corrected chi connectivity index (χ2v) is 11.0. The molecule has 3 aromatic rings. The number of hydrogen-bond donors (Lipinski definition) is 1. The van der Waals surface area contributed by atoms with E-state index in [1.165, 1.54) is 11.1 Å². The van der Waals surface area contributed by atoms with Gasteiger partial charge in [-0.05, 0) is 73.2 Å². The van der Waals surface area contributed by atoms with Gasteiger partial charge in [0.25, 0.3) is 5.91 Å². The Labute approximate surface area is 241 Å². The number of amides is 1. The molecule has 9 nitrogen and oxygen atoms in total. The first-order chi connectivity index (χ1) is 20.1. The summed E-state index contributed by atoms with van der Waals surface area (Å²) in [7, 11) is 1.56. The molecule has 9 heteroatoms. The van der Waals surface area contributed by atoms with Crippen molar-refractivity contribution in [3.05, 3.63) is 89.1 Å². The molecule has 2 aliphatic heterocycles. The first-order valence-corrected chi connectivity index (χ1v) is 14.4. The number of nitrogens with zero attached hydrogens (tertiary/aromatic N) is 4. The Hall–Kier alpha value is -4.11. The van der Waals surface area contributed by atoms with Crippen molar-refractivity contribution in [2.45, 2.75) is 57.3 Å². The zero-order chi connectivity index (χ0) is 28.2. The number of pyridine rings is 1. The molecule has 3 heterocycles. The molecule has 1 atom stereocenters. The monoisotopic (exact) mass is 555 g/mol. The van der Waals surface area contributed by atoms with Gasteiger partial charge in [0, 0.05) is 49.0 Å². The summed E-state index contributed by atoms with van der Waals surface area (Å²) in [5.41, 5.74) is 4.02. The number of likely N-dealkylation sites (tertiary alicyclic amines) is 1. The van der Waals surface area contributed by atoms with E-state index in [4.69, 9.17) is 19.3 Å². The zero-order valence-electron chi connectivity index (χ0n) is 23.7. The number of aryl methyl sites for hydroxylation is 1. The highest BCUT2D eigenvalue weighted by Crippen LogP contribution is 2.34. The van der Waals surface area contributed by atoms with Gasteiger partial charge in [0.05, 0.1) is 6.04 Å². The predicted octanol–water partition coefficient (Wildman–Crippen LogP) is 5.03. The van der Waals surface area contributed by atoms with E-state index in [1.54, 1.807) is 19.2 Å². The Morgan fingerprint density at radius 3 is 2.46 bits per heavy atom. The van der Waals surface area contributed by atoms with Gasteiger partial charge >= 0.3 is 6.02 Å². The summed E-state index contributed by atoms with van der Waals surface area (Å²) < 4.78 is 11.9. The van der Waals surface area contributed by atoms with Crippen molar-refractivity contribution in [1.29, 1.82) is 0 Å². The van der Waals surface area contributed by atoms with Crippen LogP contribution in [0, 0.1) is 6.92 Å². The quantitative estimate of drug-likeness (QED) is 0.371. The highest BCUT2D eigenvalue weighted by molar-refractivity contribution is 5.94. The minimum absolute atomic E-state index is 0.0327. The Bertz CT molecular complexity index is 1370. The van der Waals surface area contributed by atoms with E-state index in [9.17, 15) is 4.79 Å². The van der Waals surface area contributed by atoms with Gasteiger partial charge in [-0.15, -0.1) is 0 Å². The number of rotatable bonds is 9. The molecule has 1 amide bonds. The minimum Gasteiger partial charge on any atom is -0.460 e. The van der Waals surface area contributed by atoms with Crippen LogP contribution in [0.2, 0.25) is 0 Å². The molecule has 3 aliphatic rings. The number of ether oxygens (including phenoxy) is 2. The van der Waals surface area contributed by atoms with Crippen molar-refractivity contribution in [3.63, 3.8) is 0 Å². The fourth-order valence-corrected chi connectivity index (χ4v) is 5.61. The fraction of sp³-hybridized carbons (Fsp3) is 0.406. The molecule has 0 radical (unpaired) electrons. The normalized spacial score (nSPS) is 20.6. The lowest BCUT2D eigenvalue weighted by molar-refractivity contribution is 0.0951. The Balaban J connectivity index is 1.04. The van der Waals surface area contributed by atoms with Crippen LogP contribution in [0.15, 0.2) is 71.9 Å². The molecule has 2 saturated heterocycles. The fourth-order valence-electron chi connectivity index (χ4n) is 5.61. The molecule has 2 aromatic carbocycles. The van der Waals surface area contributed by atoms with E-state index in [2.05, 4.69) is 50.6 Å². The van der Waals surface area contributed by atoms with Gasteiger partial charge in [0.1, 0.15) is 19.5 Å². The summed E-state index contributed by atoms with van der Waals surface area (Å²) in [6.45, 7) is 5.39. The van der Waals surface area contributed by atoms with E-state index in [0.29, 0.717) is 41.9 Å². The average Bonchev–Trinajstić information content (AvgIpc) is 3.72. The van der Waals surface area contributed by atoms with Gasteiger partial charge in [-0.2, -0.15) is 0 Å². The minimum atomic E-state index is -0.0327. The molecule has 1 aliphatic carbocycles. The third kappa shape index (κ3) is 6.46. The Morgan fingerprint density at radius 2 is 1.78 bits per heavy atom. The van der Waals surface area contributed by atoms with Crippen LogP contribution in [0.4, 0.5) is 0 Å². The average molecular weight is 556 g/mol. The zero-order valence-corrected chi connectivity index (χ0v) is 23.7. The number of aromatic nitrogens is 1. The van der Waals surface area contributed by atoms with E-state index in [-0.39, 0.29) is 11.9 Å². The van der Waals surface area contributed by atoms with Crippen molar-refractivity contribution in [1.82, 2.24) is 20.1 Å². The van der Waals surface area contributed by atoms with Gasteiger partial charge in [-0.3, -0.25) is 9.69 Å². The molecule has 3 fully saturated rings. The van der Waals surface area contributed by atoms with Crippen LogP contribution < -0.4 is 10.1 Å². The summed E-state index contributed by atoms with van der Waals surface area (Å²) in [6, 6.07) is 23.1. The molecular weight excluding hydrogens is 518 g/mol. The molecule has 6 rings (SSSR count). The summed E-state index contributed by atoms with van der Waals surface area (Å²) in [5.74, 6) is 1.17. The second-order valence-electron chi connectivity index (χ2n) is 11.0. The van der Waals surface area contributed by atoms with Gasteiger partial charge < -0.3 is 24.5 Å². The number of carbonyl (C=O) groups is 1. The number of nitrogens with one attached hydrogen (secondary N) is 1. The molecule has 1 aromatic heterocycles. The van der Waals surface area contributed by atoms with Crippen LogP contribution in [0.1, 0.15) is 58.9 Å². The van der Waals surface area contributed by atoms with Crippen LogP contribution in [0.5, 0.6) is 11.6 Å². The van der Waals surface area contributed by atoms with Crippen molar-refractivity contribution in [2.24, 2.45) is 5.16 Å². The van der Waals surface area contributed by atoms with Crippen molar-refractivity contribution < 1.29 is 19.1 Å². The van der Waals surface area contributed by atoms with Crippen LogP contribution in [-0.2, 0) is 16.1 Å². The largest absolute Gasteiger partial charge is 0.460 e. The van der Waals surface area contributed by atoms with Crippen molar-refractivity contribution in [2.75, 3.05) is 26.8 Å². The summed E-state index contributed by atoms with van der Waals surface area (Å²) in [4.78, 5) is 26.8. The topological polar surface area (TPSA) is 88.5 Å². The Kier molecular flexibility index (Phi) is 8.04. The lowest BCUT2D eigenvalue weighted by atomic mass is 9.98. The highest BCUT2D eigenvalue weighted by Gasteiger charge is 2.39. The van der Waals surface area contributed by atoms with Crippen LogP contribution >= 0.6 is 0 Å². The first kappa shape index (κ1) is 27.1. The van der Waals surface area contributed by atoms with E-state index in [0.717, 1.165) is 51.0 Å².